The van der Waals surface area contributed by atoms with Crippen LogP contribution in [0.25, 0.3) is 0 Å². The second-order valence-electron chi connectivity index (χ2n) is 8.49. The lowest BCUT2D eigenvalue weighted by atomic mass is 9.85. The minimum absolute atomic E-state index is 0.0418. The highest BCUT2D eigenvalue weighted by Gasteiger charge is 2.42. The number of hydrogen-bond acceptors (Lipinski definition) is 8. The summed E-state index contributed by atoms with van der Waals surface area (Å²) in [5, 5.41) is 2.95. The van der Waals surface area contributed by atoms with Gasteiger partial charge in [0.2, 0.25) is 5.78 Å². The zero-order valence-corrected chi connectivity index (χ0v) is 20.6. The van der Waals surface area contributed by atoms with Crippen LogP contribution in [0.4, 0.5) is 0 Å². The average Bonchev–Trinajstić information content (AvgIpc) is 3.55. The van der Waals surface area contributed by atoms with Crippen LogP contribution >= 0.6 is 0 Å². The van der Waals surface area contributed by atoms with E-state index < -0.39 is 30.4 Å². The third-order valence-corrected chi connectivity index (χ3v) is 6.03. The van der Waals surface area contributed by atoms with Crippen LogP contribution in [0.1, 0.15) is 68.3 Å². The van der Waals surface area contributed by atoms with Gasteiger partial charge in [-0.2, -0.15) is 0 Å². The van der Waals surface area contributed by atoms with E-state index in [1.807, 2.05) is 13.8 Å². The standard InChI is InChI=1S/C25H32N2O7/c1-7-32-23(29)20-14(4)26-15(5)21(24(30)33-8-2)22(20)25(31)34-12-19(28)18-11-13(3)27(16(18)6)17-9-10-17/h11,17,22,26H,7-10,12H2,1-6H3. The minimum atomic E-state index is -1.37. The molecule has 3 rings (SSSR count). The molecule has 1 aromatic rings. The average molecular weight is 473 g/mol. The molecule has 0 saturated heterocycles. The van der Waals surface area contributed by atoms with Gasteiger partial charge in [0, 0.05) is 34.4 Å². The molecule has 1 aliphatic heterocycles. The van der Waals surface area contributed by atoms with Crippen molar-refractivity contribution in [3.63, 3.8) is 0 Å². The molecule has 0 bridgehead atoms. The first-order valence-electron chi connectivity index (χ1n) is 11.5. The summed E-state index contributed by atoms with van der Waals surface area (Å²) >= 11 is 0. The molecule has 9 heteroatoms. The van der Waals surface area contributed by atoms with Gasteiger partial charge in [0.1, 0.15) is 5.92 Å². The summed E-state index contributed by atoms with van der Waals surface area (Å²) in [7, 11) is 0. The number of nitrogens with one attached hydrogen (secondary N) is 1. The summed E-state index contributed by atoms with van der Waals surface area (Å²) in [6, 6.07) is 2.22. The van der Waals surface area contributed by atoms with Gasteiger partial charge in [-0.25, -0.2) is 9.59 Å². The number of carbonyl (C=O) groups excluding carboxylic acids is 4. The van der Waals surface area contributed by atoms with Crippen molar-refractivity contribution in [2.24, 2.45) is 5.92 Å². The second kappa shape index (κ2) is 10.3. The highest BCUT2D eigenvalue weighted by atomic mass is 16.5. The van der Waals surface area contributed by atoms with Crippen molar-refractivity contribution in [1.82, 2.24) is 9.88 Å². The lowest BCUT2D eigenvalue weighted by Gasteiger charge is -2.28. The smallest absolute Gasteiger partial charge is 0.337 e. The molecule has 1 saturated carbocycles. The fourth-order valence-corrected chi connectivity index (χ4v) is 4.44. The van der Waals surface area contributed by atoms with Crippen molar-refractivity contribution >= 4 is 23.7 Å². The monoisotopic (exact) mass is 472 g/mol. The topological polar surface area (TPSA) is 113 Å². The van der Waals surface area contributed by atoms with E-state index in [4.69, 9.17) is 14.2 Å². The first-order chi connectivity index (χ1) is 16.1. The van der Waals surface area contributed by atoms with E-state index in [1.165, 1.54) is 0 Å². The molecule has 2 heterocycles. The van der Waals surface area contributed by atoms with E-state index in [0.29, 0.717) is 23.0 Å². The molecule has 0 amide bonds. The molecule has 2 aliphatic rings. The van der Waals surface area contributed by atoms with Gasteiger partial charge in [-0.3, -0.25) is 9.59 Å². The third kappa shape index (κ3) is 4.93. The number of aromatic nitrogens is 1. The Morgan fingerprint density at radius 2 is 1.44 bits per heavy atom. The summed E-state index contributed by atoms with van der Waals surface area (Å²) in [6.07, 6.45) is 2.17. The Balaban J connectivity index is 1.86. The summed E-state index contributed by atoms with van der Waals surface area (Å²) in [6.45, 7) is 9.98. The van der Waals surface area contributed by atoms with Crippen molar-refractivity contribution in [1.29, 1.82) is 0 Å². The van der Waals surface area contributed by atoms with E-state index in [2.05, 4.69) is 9.88 Å². The predicted octanol–water partition coefficient (Wildman–Crippen LogP) is 3.06. The van der Waals surface area contributed by atoms with Crippen LogP contribution in [0.2, 0.25) is 0 Å². The summed E-state index contributed by atoms with van der Waals surface area (Å²) in [5.41, 5.74) is 2.97. The molecule has 0 aromatic carbocycles. The molecule has 9 nitrogen and oxygen atoms in total. The van der Waals surface area contributed by atoms with E-state index in [9.17, 15) is 19.2 Å². The van der Waals surface area contributed by atoms with Crippen molar-refractivity contribution in [2.75, 3.05) is 19.8 Å². The van der Waals surface area contributed by atoms with E-state index in [1.54, 1.807) is 33.8 Å². The van der Waals surface area contributed by atoms with Gasteiger partial charge in [-0.15, -0.1) is 0 Å². The van der Waals surface area contributed by atoms with Crippen LogP contribution in [0, 0.1) is 19.8 Å². The highest BCUT2D eigenvalue weighted by molar-refractivity contribution is 6.06. The Morgan fingerprint density at radius 1 is 0.912 bits per heavy atom. The fraction of sp³-hybridized carbons (Fsp3) is 0.520. The SMILES string of the molecule is CCOC(=O)C1=C(C)NC(C)=C(C(=O)OCC)C1C(=O)OCC(=O)c1cc(C)n(C2CC2)c1C. The van der Waals surface area contributed by atoms with Crippen molar-refractivity contribution < 1.29 is 33.4 Å². The maximum atomic E-state index is 13.2. The molecular formula is C25H32N2O7. The van der Waals surface area contributed by atoms with E-state index in [-0.39, 0.29) is 30.1 Å². The Hall–Kier alpha value is -3.36. The van der Waals surface area contributed by atoms with Crippen molar-refractivity contribution in [2.45, 2.75) is 60.4 Å². The molecule has 1 fully saturated rings. The Morgan fingerprint density at radius 3 is 1.91 bits per heavy atom. The molecule has 1 N–H and O–H groups in total. The number of ketones is 1. The number of Topliss-reactive ketones (excluding diaryl/α,β-unsaturated/α-hetero) is 1. The molecule has 0 atom stereocenters. The fourth-order valence-electron chi connectivity index (χ4n) is 4.44. The van der Waals surface area contributed by atoms with Crippen LogP contribution in [0.15, 0.2) is 28.6 Å². The number of esters is 3. The lowest BCUT2D eigenvalue weighted by molar-refractivity contribution is -0.151. The molecule has 1 aliphatic carbocycles. The number of allylic oxidation sites excluding steroid dienone is 2. The number of ether oxygens (including phenoxy) is 3. The van der Waals surface area contributed by atoms with Crippen LogP contribution in [-0.2, 0) is 28.6 Å². The largest absolute Gasteiger partial charge is 0.463 e. The number of carbonyl (C=O) groups is 4. The van der Waals surface area contributed by atoms with Gasteiger partial charge in [-0.05, 0) is 60.5 Å². The number of aryl methyl sites for hydroxylation is 1. The number of hydrogen-bond donors (Lipinski definition) is 1. The Kier molecular flexibility index (Phi) is 7.64. The molecule has 0 unspecified atom stereocenters. The molecule has 1 aromatic heterocycles. The van der Waals surface area contributed by atoms with Crippen molar-refractivity contribution in [3.8, 4) is 0 Å². The highest BCUT2D eigenvalue weighted by Crippen LogP contribution is 2.38. The summed E-state index contributed by atoms with van der Waals surface area (Å²) in [5.74, 6) is -4.10. The Bertz CT molecular complexity index is 1050. The molecule has 184 valence electrons. The maximum absolute atomic E-state index is 13.2. The third-order valence-electron chi connectivity index (χ3n) is 6.03. The van der Waals surface area contributed by atoms with Gasteiger partial charge in [0.25, 0.3) is 0 Å². The first-order valence-corrected chi connectivity index (χ1v) is 11.5. The quantitative estimate of drug-likeness (QED) is 0.331. The molecule has 0 radical (unpaired) electrons. The summed E-state index contributed by atoms with van der Waals surface area (Å²) in [4.78, 5) is 51.6. The molecular weight excluding hydrogens is 440 g/mol. The first kappa shape index (κ1) is 25.3. The molecule has 0 spiro atoms. The van der Waals surface area contributed by atoms with Crippen LogP contribution < -0.4 is 5.32 Å². The van der Waals surface area contributed by atoms with Gasteiger partial charge in [0.05, 0.1) is 24.4 Å². The normalized spacial score (nSPS) is 16.3. The zero-order valence-electron chi connectivity index (χ0n) is 20.6. The van der Waals surface area contributed by atoms with Crippen molar-refractivity contribution in [3.05, 3.63) is 45.6 Å². The van der Waals surface area contributed by atoms with Gasteiger partial charge in [-0.1, -0.05) is 0 Å². The lowest BCUT2D eigenvalue weighted by Crippen LogP contribution is -2.38. The van der Waals surface area contributed by atoms with E-state index in [0.717, 1.165) is 24.2 Å². The van der Waals surface area contributed by atoms with Gasteiger partial charge >= 0.3 is 17.9 Å². The number of rotatable bonds is 9. The zero-order chi connectivity index (χ0) is 25.2. The van der Waals surface area contributed by atoms with Gasteiger partial charge in [0.15, 0.2) is 6.61 Å². The van der Waals surface area contributed by atoms with Crippen LogP contribution in [0.3, 0.4) is 0 Å². The molecule has 34 heavy (non-hydrogen) atoms. The van der Waals surface area contributed by atoms with Crippen LogP contribution in [0.5, 0.6) is 0 Å². The second-order valence-corrected chi connectivity index (χ2v) is 8.49. The summed E-state index contributed by atoms with van der Waals surface area (Å²) < 4.78 is 17.8. The maximum Gasteiger partial charge on any atom is 0.337 e. The number of dihydropyridines is 1. The van der Waals surface area contributed by atoms with Crippen LogP contribution in [-0.4, -0.2) is 48.1 Å². The number of nitrogens with zero attached hydrogens (tertiary/aromatic N) is 1. The van der Waals surface area contributed by atoms with E-state index >= 15 is 0 Å². The van der Waals surface area contributed by atoms with Gasteiger partial charge < -0.3 is 24.1 Å². The predicted molar refractivity (Wildman–Crippen MR) is 123 cm³/mol. The minimum Gasteiger partial charge on any atom is -0.463 e. The Labute approximate surface area is 199 Å².